The molecule has 0 aromatic carbocycles. The minimum atomic E-state index is -1.01. The molecule has 1 rings (SSSR count). The van der Waals surface area contributed by atoms with E-state index < -0.39 is 11.6 Å². The van der Waals surface area contributed by atoms with Crippen molar-refractivity contribution in [3.63, 3.8) is 0 Å². The Morgan fingerprint density at radius 2 is 2.14 bits per heavy atom. The van der Waals surface area contributed by atoms with Crippen molar-refractivity contribution in [1.29, 1.82) is 0 Å². The molecule has 0 aliphatic rings. The number of rotatable bonds is 1. The van der Waals surface area contributed by atoms with E-state index in [1.807, 2.05) is 20.8 Å². The lowest BCUT2D eigenvalue weighted by Gasteiger charge is -2.31. The average molecular weight is 198 g/mol. The third-order valence-electron chi connectivity index (χ3n) is 1.83. The summed E-state index contributed by atoms with van der Waals surface area (Å²) in [6, 6.07) is 0. The molecule has 1 aromatic rings. The predicted molar refractivity (Wildman–Crippen MR) is 51.5 cm³/mol. The van der Waals surface area contributed by atoms with Crippen LogP contribution in [0.2, 0.25) is 0 Å². The number of amides is 1. The fraction of sp³-hybridized carbons (Fsp3) is 0.556. The molecule has 0 fully saturated rings. The molecule has 1 amide bonds. The number of aryl methyl sites for hydroxylation is 1. The van der Waals surface area contributed by atoms with E-state index >= 15 is 0 Å². The molecule has 5 heteroatoms. The van der Waals surface area contributed by atoms with E-state index in [-0.39, 0.29) is 0 Å². The zero-order valence-electron chi connectivity index (χ0n) is 8.74. The van der Waals surface area contributed by atoms with Gasteiger partial charge < -0.3 is 9.63 Å². The molecule has 0 spiro atoms. The second-order valence-electron chi connectivity index (χ2n) is 4.06. The van der Waals surface area contributed by atoms with Crippen molar-refractivity contribution in [2.45, 2.75) is 33.2 Å². The third kappa shape index (κ3) is 1.86. The Labute approximate surface area is 82.3 Å². The highest BCUT2D eigenvalue weighted by Crippen LogP contribution is 2.26. The minimum Gasteiger partial charge on any atom is -0.465 e. The van der Waals surface area contributed by atoms with Gasteiger partial charge >= 0.3 is 6.09 Å². The summed E-state index contributed by atoms with van der Waals surface area (Å²) in [7, 11) is 0. The fourth-order valence-electron chi connectivity index (χ4n) is 1.26. The van der Waals surface area contributed by atoms with Gasteiger partial charge in [0.1, 0.15) is 5.69 Å². The number of carboxylic acid groups (broad SMARTS) is 1. The van der Waals surface area contributed by atoms with Crippen molar-refractivity contribution in [2.75, 3.05) is 4.90 Å². The molecular formula is C9H14N2O3. The number of carbonyl (C=O) groups is 1. The van der Waals surface area contributed by atoms with Crippen LogP contribution in [0.3, 0.4) is 0 Å². The lowest BCUT2D eigenvalue weighted by Crippen LogP contribution is -2.45. The second kappa shape index (κ2) is 3.32. The number of hydrogen-bond acceptors (Lipinski definition) is 3. The molecule has 0 saturated carbocycles. The van der Waals surface area contributed by atoms with Gasteiger partial charge in [0.05, 0.1) is 6.20 Å². The Morgan fingerprint density at radius 1 is 1.57 bits per heavy atom. The van der Waals surface area contributed by atoms with Gasteiger partial charge in [0.15, 0.2) is 5.76 Å². The van der Waals surface area contributed by atoms with Gasteiger partial charge in [-0.3, -0.25) is 4.90 Å². The normalized spacial score (nSPS) is 11.4. The molecule has 14 heavy (non-hydrogen) atoms. The Balaban J connectivity index is 3.14. The maximum atomic E-state index is 11.1. The summed E-state index contributed by atoms with van der Waals surface area (Å²) in [5.74, 6) is 0.502. The highest BCUT2D eigenvalue weighted by atomic mass is 16.5. The second-order valence-corrected chi connectivity index (χ2v) is 4.06. The summed E-state index contributed by atoms with van der Waals surface area (Å²) >= 11 is 0. The molecule has 78 valence electrons. The van der Waals surface area contributed by atoms with E-state index in [0.29, 0.717) is 11.4 Å². The van der Waals surface area contributed by atoms with Gasteiger partial charge in [-0.05, 0) is 27.7 Å². The van der Waals surface area contributed by atoms with Crippen LogP contribution < -0.4 is 4.90 Å². The smallest absolute Gasteiger partial charge is 0.412 e. The van der Waals surface area contributed by atoms with Crippen LogP contribution in [0.25, 0.3) is 0 Å². The maximum Gasteiger partial charge on any atom is 0.412 e. The summed E-state index contributed by atoms with van der Waals surface area (Å²) in [6.07, 6.45) is 0.401. The van der Waals surface area contributed by atoms with E-state index in [4.69, 9.17) is 9.63 Å². The quantitative estimate of drug-likeness (QED) is 0.751. The first-order chi connectivity index (χ1) is 6.34. The molecular weight excluding hydrogens is 184 g/mol. The Hall–Kier alpha value is -1.52. The third-order valence-corrected chi connectivity index (χ3v) is 1.83. The fourth-order valence-corrected chi connectivity index (χ4v) is 1.26. The van der Waals surface area contributed by atoms with E-state index in [2.05, 4.69) is 5.16 Å². The van der Waals surface area contributed by atoms with Crippen molar-refractivity contribution in [3.8, 4) is 0 Å². The van der Waals surface area contributed by atoms with Crippen molar-refractivity contribution in [1.82, 2.24) is 5.16 Å². The Morgan fingerprint density at radius 3 is 2.43 bits per heavy atom. The minimum absolute atomic E-state index is 0.491. The topological polar surface area (TPSA) is 66.6 Å². The monoisotopic (exact) mass is 198 g/mol. The zero-order chi connectivity index (χ0) is 10.9. The van der Waals surface area contributed by atoms with Crippen LogP contribution in [-0.2, 0) is 0 Å². The van der Waals surface area contributed by atoms with Gasteiger partial charge in [-0.25, -0.2) is 4.79 Å². The lowest BCUT2D eigenvalue weighted by atomic mass is 10.1. The Kier molecular flexibility index (Phi) is 2.51. The van der Waals surface area contributed by atoms with Crippen LogP contribution in [0, 0.1) is 6.92 Å². The van der Waals surface area contributed by atoms with Gasteiger partial charge in [-0.1, -0.05) is 5.16 Å². The number of anilines is 1. The van der Waals surface area contributed by atoms with Gasteiger partial charge in [0.2, 0.25) is 0 Å². The maximum absolute atomic E-state index is 11.1. The van der Waals surface area contributed by atoms with Crippen LogP contribution in [0.5, 0.6) is 0 Å². The van der Waals surface area contributed by atoms with Gasteiger partial charge in [-0.2, -0.15) is 0 Å². The average Bonchev–Trinajstić information content (AvgIpc) is 2.32. The standard InChI is InChI=1S/C9H14N2O3/c1-6-7(5-10-14-6)11(8(12)13)9(2,3)4/h5H,1-4H3,(H,12,13). The van der Waals surface area contributed by atoms with E-state index in [1.54, 1.807) is 6.92 Å². The summed E-state index contributed by atoms with van der Waals surface area (Å²) in [6.45, 7) is 7.12. The first-order valence-electron chi connectivity index (χ1n) is 4.28. The van der Waals surface area contributed by atoms with Gasteiger partial charge in [0.25, 0.3) is 0 Å². The van der Waals surface area contributed by atoms with Crippen molar-refractivity contribution in [2.24, 2.45) is 0 Å². The number of hydrogen-bond donors (Lipinski definition) is 1. The largest absolute Gasteiger partial charge is 0.465 e. The molecule has 5 nitrogen and oxygen atoms in total. The molecule has 0 atom stereocenters. The van der Waals surface area contributed by atoms with Crippen LogP contribution in [0.1, 0.15) is 26.5 Å². The number of aromatic nitrogens is 1. The van der Waals surface area contributed by atoms with Crippen LogP contribution >= 0.6 is 0 Å². The van der Waals surface area contributed by atoms with Crippen molar-refractivity contribution < 1.29 is 14.4 Å². The first-order valence-corrected chi connectivity index (χ1v) is 4.28. The molecule has 0 aliphatic carbocycles. The number of nitrogens with zero attached hydrogens (tertiary/aromatic N) is 2. The predicted octanol–water partition coefficient (Wildman–Crippen LogP) is 2.27. The van der Waals surface area contributed by atoms with Gasteiger partial charge in [-0.15, -0.1) is 0 Å². The van der Waals surface area contributed by atoms with E-state index in [0.717, 1.165) is 0 Å². The molecule has 1 aromatic heterocycles. The van der Waals surface area contributed by atoms with Crippen molar-refractivity contribution >= 4 is 11.8 Å². The van der Waals surface area contributed by atoms with E-state index in [1.165, 1.54) is 11.1 Å². The molecule has 0 radical (unpaired) electrons. The van der Waals surface area contributed by atoms with Crippen molar-refractivity contribution in [3.05, 3.63) is 12.0 Å². The Bertz CT molecular complexity index is 338. The highest BCUT2D eigenvalue weighted by Gasteiger charge is 2.30. The van der Waals surface area contributed by atoms with Crippen LogP contribution in [0.15, 0.2) is 10.7 Å². The molecule has 0 bridgehead atoms. The SMILES string of the molecule is Cc1oncc1N(C(=O)O)C(C)(C)C. The van der Waals surface area contributed by atoms with Crippen LogP contribution in [0.4, 0.5) is 10.5 Å². The summed E-state index contributed by atoms with van der Waals surface area (Å²) in [5, 5.41) is 12.6. The van der Waals surface area contributed by atoms with E-state index in [9.17, 15) is 4.79 Å². The summed E-state index contributed by atoms with van der Waals surface area (Å²) in [4.78, 5) is 12.3. The molecule has 0 aliphatic heterocycles. The summed E-state index contributed by atoms with van der Waals surface area (Å²) < 4.78 is 4.84. The molecule has 0 unspecified atom stereocenters. The van der Waals surface area contributed by atoms with Crippen LogP contribution in [-0.4, -0.2) is 21.9 Å². The highest BCUT2D eigenvalue weighted by molar-refractivity contribution is 5.87. The molecule has 0 saturated heterocycles. The summed E-state index contributed by atoms with van der Waals surface area (Å²) in [5.41, 5.74) is -0.0210. The molecule has 1 N–H and O–H groups in total. The zero-order valence-corrected chi connectivity index (χ0v) is 8.74. The molecule has 1 heterocycles. The van der Waals surface area contributed by atoms with Gasteiger partial charge in [0, 0.05) is 5.54 Å². The first kappa shape index (κ1) is 10.6. The lowest BCUT2D eigenvalue weighted by molar-refractivity contribution is 0.195.